The number of hydrogen-bond donors (Lipinski definition) is 0. The summed E-state index contributed by atoms with van der Waals surface area (Å²) in [6, 6.07) is 1.20. The van der Waals surface area contributed by atoms with Gasteiger partial charge in [0.15, 0.2) is 0 Å². The number of ether oxygens (including phenoxy) is 1. The first-order valence-electron chi connectivity index (χ1n) is 4.90. The van der Waals surface area contributed by atoms with Crippen LogP contribution in [0.2, 0.25) is 0 Å². The lowest BCUT2D eigenvalue weighted by molar-refractivity contribution is -0.385. The maximum absolute atomic E-state index is 11.5. The summed E-state index contributed by atoms with van der Waals surface area (Å²) in [5, 5.41) is 10.5. The summed E-state index contributed by atoms with van der Waals surface area (Å²) in [6.07, 6.45) is 1.66. The van der Waals surface area contributed by atoms with Gasteiger partial charge < -0.3 is 4.74 Å². The minimum absolute atomic E-state index is 0.165. The summed E-state index contributed by atoms with van der Waals surface area (Å²) < 4.78 is 4.80. The Kier molecular flexibility index (Phi) is 3.93. The predicted molar refractivity (Wildman–Crippen MR) is 56.2 cm³/mol. The van der Waals surface area contributed by atoms with E-state index < -0.39 is 10.9 Å². The molecule has 0 aliphatic rings. The topological polar surface area (TPSA) is 82.3 Å². The van der Waals surface area contributed by atoms with E-state index in [1.165, 1.54) is 6.07 Å². The number of carbonyl (C=O) groups excluding carboxylic acids is 1. The molecule has 0 aliphatic carbocycles. The zero-order chi connectivity index (χ0) is 12.1. The van der Waals surface area contributed by atoms with Crippen molar-refractivity contribution in [2.24, 2.45) is 0 Å². The molecule has 0 unspecified atom stereocenters. The van der Waals surface area contributed by atoms with Gasteiger partial charge in [-0.25, -0.2) is 4.79 Å². The van der Waals surface area contributed by atoms with Crippen molar-refractivity contribution < 1.29 is 14.5 Å². The third-order valence-electron chi connectivity index (χ3n) is 2.00. The average molecular weight is 224 g/mol. The van der Waals surface area contributed by atoms with E-state index in [1.54, 1.807) is 6.92 Å². The van der Waals surface area contributed by atoms with Crippen LogP contribution in [0.1, 0.15) is 29.9 Å². The van der Waals surface area contributed by atoms with Gasteiger partial charge in [-0.05, 0) is 13.3 Å². The molecule has 0 aliphatic heterocycles. The fraction of sp³-hybridized carbons (Fsp3) is 0.400. The number of hydrogen-bond acceptors (Lipinski definition) is 5. The molecule has 0 N–H and O–H groups in total. The van der Waals surface area contributed by atoms with Crippen molar-refractivity contribution in [3.63, 3.8) is 0 Å². The summed E-state index contributed by atoms with van der Waals surface area (Å²) in [6.45, 7) is 3.72. The van der Waals surface area contributed by atoms with Crippen molar-refractivity contribution in [2.75, 3.05) is 6.61 Å². The Hall–Kier alpha value is -1.98. The van der Waals surface area contributed by atoms with E-state index in [0.717, 1.165) is 6.20 Å². The molecule has 1 aromatic heterocycles. The van der Waals surface area contributed by atoms with Gasteiger partial charge in [-0.1, -0.05) is 6.92 Å². The first kappa shape index (κ1) is 12.1. The molecule has 0 bridgehead atoms. The second-order valence-corrected chi connectivity index (χ2v) is 3.02. The Morgan fingerprint density at radius 2 is 2.25 bits per heavy atom. The lowest BCUT2D eigenvalue weighted by Gasteiger charge is -2.05. The number of aryl methyl sites for hydroxylation is 1. The number of pyridine rings is 1. The molecule has 1 aromatic rings. The van der Waals surface area contributed by atoms with Crippen LogP contribution in [-0.2, 0) is 11.2 Å². The molecular formula is C10H12N2O4. The zero-order valence-electron chi connectivity index (χ0n) is 9.10. The molecule has 0 radical (unpaired) electrons. The van der Waals surface area contributed by atoms with Gasteiger partial charge in [0.1, 0.15) is 6.20 Å². The highest BCUT2D eigenvalue weighted by molar-refractivity contribution is 5.91. The van der Waals surface area contributed by atoms with E-state index in [-0.39, 0.29) is 17.9 Å². The largest absolute Gasteiger partial charge is 0.462 e. The highest BCUT2D eigenvalue weighted by Crippen LogP contribution is 2.16. The van der Waals surface area contributed by atoms with Crippen molar-refractivity contribution in [2.45, 2.75) is 20.3 Å². The molecule has 16 heavy (non-hydrogen) atoms. The predicted octanol–water partition coefficient (Wildman–Crippen LogP) is 1.73. The van der Waals surface area contributed by atoms with E-state index in [0.29, 0.717) is 12.1 Å². The van der Waals surface area contributed by atoms with Gasteiger partial charge in [0.2, 0.25) is 0 Å². The van der Waals surface area contributed by atoms with Crippen molar-refractivity contribution in [1.82, 2.24) is 4.98 Å². The van der Waals surface area contributed by atoms with Crippen molar-refractivity contribution in [3.8, 4) is 0 Å². The standard InChI is InChI=1S/C10H12N2O4/c1-3-9-8(10(13)16-4-2)5-7(6-11-9)12(14)15/h5-6H,3-4H2,1-2H3. The molecule has 0 aromatic carbocycles. The van der Waals surface area contributed by atoms with Gasteiger partial charge in [-0.2, -0.15) is 0 Å². The lowest BCUT2D eigenvalue weighted by Crippen LogP contribution is -2.10. The monoisotopic (exact) mass is 224 g/mol. The Balaban J connectivity index is 3.16. The highest BCUT2D eigenvalue weighted by Gasteiger charge is 2.17. The maximum Gasteiger partial charge on any atom is 0.340 e. The van der Waals surface area contributed by atoms with Crippen LogP contribution < -0.4 is 0 Å². The van der Waals surface area contributed by atoms with Crippen LogP contribution in [0.25, 0.3) is 0 Å². The third kappa shape index (κ3) is 2.53. The number of aromatic nitrogens is 1. The van der Waals surface area contributed by atoms with Gasteiger partial charge in [0.25, 0.3) is 5.69 Å². The van der Waals surface area contributed by atoms with E-state index >= 15 is 0 Å². The van der Waals surface area contributed by atoms with E-state index in [9.17, 15) is 14.9 Å². The average Bonchev–Trinajstić information content (AvgIpc) is 2.28. The SMILES string of the molecule is CCOC(=O)c1cc([N+](=O)[O-])cnc1CC. The van der Waals surface area contributed by atoms with Crippen LogP contribution in [0.5, 0.6) is 0 Å². The first-order chi connectivity index (χ1) is 7.60. The fourth-order valence-electron chi connectivity index (χ4n) is 1.25. The molecule has 6 nitrogen and oxygen atoms in total. The highest BCUT2D eigenvalue weighted by atomic mass is 16.6. The number of esters is 1. The summed E-state index contributed by atoms with van der Waals surface area (Å²) in [7, 11) is 0. The molecule has 0 fully saturated rings. The Morgan fingerprint density at radius 3 is 2.75 bits per heavy atom. The Morgan fingerprint density at radius 1 is 1.56 bits per heavy atom. The molecule has 6 heteroatoms. The van der Waals surface area contributed by atoms with Gasteiger partial charge >= 0.3 is 5.97 Å². The quantitative estimate of drug-likeness (QED) is 0.442. The van der Waals surface area contributed by atoms with Crippen LogP contribution in [0.3, 0.4) is 0 Å². The van der Waals surface area contributed by atoms with Crippen molar-refractivity contribution >= 4 is 11.7 Å². The van der Waals surface area contributed by atoms with Crippen LogP contribution in [-0.4, -0.2) is 22.5 Å². The minimum Gasteiger partial charge on any atom is -0.462 e. The second-order valence-electron chi connectivity index (χ2n) is 3.02. The lowest BCUT2D eigenvalue weighted by atomic mass is 10.1. The normalized spacial score (nSPS) is 9.88. The number of carbonyl (C=O) groups is 1. The van der Waals surface area contributed by atoms with Gasteiger partial charge in [0, 0.05) is 6.07 Å². The summed E-state index contributed by atoms with van der Waals surface area (Å²) >= 11 is 0. The molecule has 0 saturated heterocycles. The molecule has 1 rings (SSSR count). The zero-order valence-corrected chi connectivity index (χ0v) is 9.10. The second kappa shape index (κ2) is 5.20. The molecule has 0 spiro atoms. The number of nitro groups is 1. The van der Waals surface area contributed by atoms with Gasteiger partial charge in [0.05, 0.1) is 22.8 Å². The summed E-state index contributed by atoms with van der Waals surface area (Å²) in [5.41, 5.74) is 0.461. The van der Waals surface area contributed by atoms with Crippen molar-refractivity contribution in [1.29, 1.82) is 0 Å². The smallest absolute Gasteiger partial charge is 0.340 e. The maximum atomic E-state index is 11.5. The Bertz CT molecular complexity index is 417. The van der Waals surface area contributed by atoms with E-state index in [1.807, 2.05) is 6.92 Å². The van der Waals surface area contributed by atoms with Gasteiger partial charge in [-0.3, -0.25) is 15.1 Å². The van der Waals surface area contributed by atoms with Crippen molar-refractivity contribution in [3.05, 3.63) is 33.6 Å². The molecule has 0 atom stereocenters. The molecule has 0 saturated carbocycles. The Labute approximate surface area is 92.4 Å². The van der Waals surface area contributed by atoms with E-state index in [4.69, 9.17) is 4.74 Å². The third-order valence-corrected chi connectivity index (χ3v) is 2.00. The van der Waals surface area contributed by atoms with E-state index in [2.05, 4.69) is 4.98 Å². The van der Waals surface area contributed by atoms with Gasteiger partial charge in [-0.15, -0.1) is 0 Å². The molecule has 86 valence electrons. The van der Waals surface area contributed by atoms with Crippen LogP contribution in [0, 0.1) is 10.1 Å². The number of rotatable bonds is 4. The van der Waals surface area contributed by atoms with Crippen LogP contribution >= 0.6 is 0 Å². The number of nitrogens with zero attached hydrogens (tertiary/aromatic N) is 2. The molecule has 0 amide bonds. The van der Waals surface area contributed by atoms with Crippen LogP contribution in [0.4, 0.5) is 5.69 Å². The molecule has 1 heterocycles. The minimum atomic E-state index is -0.588. The summed E-state index contributed by atoms with van der Waals surface area (Å²) in [4.78, 5) is 25.4. The fourth-order valence-corrected chi connectivity index (χ4v) is 1.25. The first-order valence-corrected chi connectivity index (χ1v) is 4.90. The molecular weight excluding hydrogens is 212 g/mol. The van der Waals surface area contributed by atoms with Crippen LogP contribution in [0.15, 0.2) is 12.3 Å². The summed E-state index contributed by atoms with van der Waals surface area (Å²) in [5.74, 6) is -0.574.